The molecular weight excluding hydrogens is 182 g/mol. The predicted molar refractivity (Wildman–Crippen MR) is 47.9 cm³/mol. The molecule has 0 aliphatic heterocycles. The SMILES string of the molecule is CC(O)C(N)c1ccc(Cl)s1. The molecule has 1 aromatic heterocycles. The molecule has 0 amide bonds. The summed E-state index contributed by atoms with van der Waals surface area (Å²) in [5, 5.41) is 9.12. The van der Waals surface area contributed by atoms with Crippen molar-refractivity contribution < 1.29 is 5.11 Å². The molecule has 2 atom stereocenters. The van der Waals surface area contributed by atoms with E-state index >= 15 is 0 Å². The van der Waals surface area contributed by atoms with Crippen molar-refractivity contribution in [2.24, 2.45) is 5.73 Å². The molecule has 2 unspecified atom stereocenters. The van der Waals surface area contributed by atoms with Crippen molar-refractivity contribution in [3.8, 4) is 0 Å². The molecule has 0 bridgehead atoms. The summed E-state index contributed by atoms with van der Waals surface area (Å²) in [6.45, 7) is 1.66. The summed E-state index contributed by atoms with van der Waals surface area (Å²) in [6, 6.07) is 3.31. The highest BCUT2D eigenvalue weighted by molar-refractivity contribution is 7.16. The van der Waals surface area contributed by atoms with Gasteiger partial charge in [0.1, 0.15) is 0 Å². The quantitative estimate of drug-likeness (QED) is 0.749. The average Bonchev–Trinajstić information content (AvgIpc) is 2.34. The second-order valence-corrected chi connectivity index (χ2v) is 4.15. The number of hydrogen-bond donors (Lipinski definition) is 2. The first-order chi connectivity index (χ1) is 5.11. The van der Waals surface area contributed by atoms with E-state index in [0.29, 0.717) is 4.34 Å². The Balaban J connectivity index is 2.76. The number of halogens is 1. The van der Waals surface area contributed by atoms with Crippen LogP contribution in [0.4, 0.5) is 0 Å². The third-order valence-electron chi connectivity index (χ3n) is 1.44. The summed E-state index contributed by atoms with van der Waals surface area (Å²) >= 11 is 7.10. The topological polar surface area (TPSA) is 46.2 Å². The maximum absolute atomic E-state index is 9.12. The van der Waals surface area contributed by atoms with E-state index in [2.05, 4.69) is 0 Å². The van der Waals surface area contributed by atoms with Crippen LogP contribution < -0.4 is 5.73 Å². The summed E-state index contributed by atoms with van der Waals surface area (Å²) in [5.74, 6) is 0. The fraction of sp³-hybridized carbons (Fsp3) is 0.429. The first-order valence-electron chi connectivity index (χ1n) is 3.30. The first-order valence-corrected chi connectivity index (χ1v) is 4.49. The van der Waals surface area contributed by atoms with E-state index in [1.54, 1.807) is 13.0 Å². The molecule has 4 heteroatoms. The van der Waals surface area contributed by atoms with E-state index in [4.69, 9.17) is 22.4 Å². The molecule has 0 fully saturated rings. The van der Waals surface area contributed by atoms with Gasteiger partial charge in [-0.05, 0) is 19.1 Å². The summed E-state index contributed by atoms with van der Waals surface area (Å²) < 4.78 is 0.705. The Labute approximate surface area is 74.6 Å². The monoisotopic (exact) mass is 191 g/mol. The lowest BCUT2D eigenvalue weighted by atomic mass is 10.2. The second kappa shape index (κ2) is 3.54. The van der Waals surface area contributed by atoms with Crippen LogP contribution in [0.25, 0.3) is 0 Å². The van der Waals surface area contributed by atoms with Crippen LogP contribution in [0.2, 0.25) is 4.34 Å². The molecule has 1 aromatic rings. The highest BCUT2D eigenvalue weighted by atomic mass is 35.5. The summed E-state index contributed by atoms with van der Waals surface area (Å²) in [4.78, 5) is 0.921. The van der Waals surface area contributed by atoms with Gasteiger partial charge in [0.2, 0.25) is 0 Å². The van der Waals surface area contributed by atoms with Gasteiger partial charge in [0, 0.05) is 4.88 Å². The van der Waals surface area contributed by atoms with E-state index in [0.717, 1.165) is 4.88 Å². The lowest BCUT2D eigenvalue weighted by Crippen LogP contribution is -2.21. The van der Waals surface area contributed by atoms with Gasteiger partial charge in [-0.1, -0.05) is 11.6 Å². The number of aliphatic hydroxyl groups is 1. The Morgan fingerprint density at radius 1 is 1.64 bits per heavy atom. The number of hydrogen-bond acceptors (Lipinski definition) is 3. The molecular formula is C7H10ClNOS. The molecule has 0 saturated carbocycles. The number of nitrogens with two attached hydrogens (primary N) is 1. The zero-order valence-electron chi connectivity index (χ0n) is 6.12. The van der Waals surface area contributed by atoms with Gasteiger partial charge in [0.25, 0.3) is 0 Å². The third kappa shape index (κ3) is 2.17. The molecule has 1 heterocycles. The van der Waals surface area contributed by atoms with Gasteiger partial charge in [-0.15, -0.1) is 11.3 Å². The van der Waals surface area contributed by atoms with Crippen LogP contribution in [0, 0.1) is 0 Å². The van der Waals surface area contributed by atoms with Crippen molar-refractivity contribution in [3.05, 3.63) is 21.3 Å². The molecule has 0 spiro atoms. The van der Waals surface area contributed by atoms with Gasteiger partial charge in [0.15, 0.2) is 0 Å². The molecule has 0 saturated heterocycles. The third-order valence-corrected chi connectivity index (χ3v) is 2.77. The Morgan fingerprint density at radius 3 is 2.64 bits per heavy atom. The normalized spacial score (nSPS) is 16.4. The molecule has 0 aliphatic carbocycles. The smallest absolute Gasteiger partial charge is 0.0931 e. The van der Waals surface area contributed by atoms with Gasteiger partial charge < -0.3 is 10.8 Å². The van der Waals surface area contributed by atoms with Crippen molar-refractivity contribution in [1.29, 1.82) is 0 Å². The van der Waals surface area contributed by atoms with E-state index in [-0.39, 0.29) is 6.04 Å². The lowest BCUT2D eigenvalue weighted by molar-refractivity contribution is 0.165. The minimum absolute atomic E-state index is 0.313. The molecule has 0 radical (unpaired) electrons. The standard InChI is InChI=1S/C7H10ClNOS/c1-4(10)7(9)5-2-3-6(8)11-5/h2-4,7,10H,9H2,1H3. The van der Waals surface area contributed by atoms with E-state index < -0.39 is 6.10 Å². The fourth-order valence-corrected chi connectivity index (χ4v) is 1.91. The summed E-state index contributed by atoms with van der Waals surface area (Å²) in [7, 11) is 0. The minimum Gasteiger partial charge on any atom is -0.391 e. The number of rotatable bonds is 2. The first kappa shape index (κ1) is 9.00. The zero-order valence-corrected chi connectivity index (χ0v) is 7.69. The van der Waals surface area contributed by atoms with Crippen molar-refractivity contribution in [2.75, 3.05) is 0 Å². The Morgan fingerprint density at radius 2 is 2.27 bits per heavy atom. The molecule has 11 heavy (non-hydrogen) atoms. The van der Waals surface area contributed by atoms with Crippen LogP contribution >= 0.6 is 22.9 Å². The van der Waals surface area contributed by atoms with Gasteiger partial charge in [-0.3, -0.25) is 0 Å². The van der Waals surface area contributed by atoms with Crippen LogP contribution in [-0.4, -0.2) is 11.2 Å². The fourth-order valence-electron chi connectivity index (χ4n) is 0.745. The summed E-state index contributed by atoms with van der Waals surface area (Å²) in [6.07, 6.45) is -0.523. The van der Waals surface area contributed by atoms with Gasteiger partial charge in [-0.25, -0.2) is 0 Å². The van der Waals surface area contributed by atoms with E-state index in [1.165, 1.54) is 11.3 Å². The number of aliphatic hydroxyl groups excluding tert-OH is 1. The van der Waals surface area contributed by atoms with Crippen molar-refractivity contribution in [3.63, 3.8) is 0 Å². The van der Waals surface area contributed by atoms with Crippen molar-refractivity contribution in [1.82, 2.24) is 0 Å². The minimum atomic E-state index is -0.523. The van der Waals surface area contributed by atoms with Crippen molar-refractivity contribution in [2.45, 2.75) is 19.1 Å². The van der Waals surface area contributed by atoms with E-state index in [1.807, 2.05) is 6.07 Å². The average molecular weight is 192 g/mol. The molecule has 3 N–H and O–H groups in total. The van der Waals surface area contributed by atoms with Gasteiger partial charge in [-0.2, -0.15) is 0 Å². The molecule has 0 aromatic carbocycles. The Kier molecular flexibility index (Phi) is 2.90. The second-order valence-electron chi connectivity index (χ2n) is 2.41. The van der Waals surface area contributed by atoms with Crippen LogP contribution in [-0.2, 0) is 0 Å². The maximum atomic E-state index is 9.12. The van der Waals surface area contributed by atoms with Crippen LogP contribution in [0.1, 0.15) is 17.8 Å². The zero-order chi connectivity index (χ0) is 8.43. The Hall–Kier alpha value is -0.0900. The van der Waals surface area contributed by atoms with Crippen molar-refractivity contribution >= 4 is 22.9 Å². The maximum Gasteiger partial charge on any atom is 0.0931 e. The van der Waals surface area contributed by atoms with Gasteiger partial charge >= 0.3 is 0 Å². The largest absolute Gasteiger partial charge is 0.391 e. The summed E-state index contributed by atoms with van der Waals surface area (Å²) in [5.41, 5.74) is 5.65. The Bertz CT molecular complexity index is 236. The van der Waals surface area contributed by atoms with Crippen LogP contribution in [0.3, 0.4) is 0 Å². The lowest BCUT2D eigenvalue weighted by Gasteiger charge is -2.11. The molecule has 1 rings (SSSR count). The van der Waals surface area contributed by atoms with Gasteiger partial charge in [0.05, 0.1) is 16.5 Å². The molecule has 2 nitrogen and oxygen atoms in total. The number of thiophene rings is 1. The van der Waals surface area contributed by atoms with Crippen LogP contribution in [0.15, 0.2) is 12.1 Å². The van der Waals surface area contributed by atoms with E-state index in [9.17, 15) is 0 Å². The highest BCUT2D eigenvalue weighted by Gasteiger charge is 2.13. The van der Waals surface area contributed by atoms with Crippen LogP contribution in [0.5, 0.6) is 0 Å². The predicted octanol–water partition coefficient (Wildman–Crippen LogP) is 1.78. The molecule has 62 valence electrons. The highest BCUT2D eigenvalue weighted by Crippen LogP contribution is 2.26. The molecule has 0 aliphatic rings.